The van der Waals surface area contributed by atoms with Gasteiger partial charge in [0, 0.05) is 31.6 Å². The first kappa shape index (κ1) is 11.4. The van der Waals surface area contributed by atoms with Crippen LogP contribution in [0.1, 0.15) is 20.3 Å². The molecule has 2 fully saturated rings. The van der Waals surface area contributed by atoms with Crippen LogP contribution in [-0.2, 0) is 4.79 Å². The van der Waals surface area contributed by atoms with Crippen LogP contribution in [0.15, 0.2) is 0 Å². The van der Waals surface area contributed by atoms with Crippen LogP contribution in [0, 0.1) is 5.41 Å². The zero-order valence-corrected chi connectivity index (χ0v) is 11.3. The predicted octanol–water partition coefficient (Wildman–Crippen LogP) is 1.32. The molecule has 0 atom stereocenters. The van der Waals surface area contributed by atoms with Gasteiger partial charge in [0.15, 0.2) is 0 Å². The summed E-state index contributed by atoms with van der Waals surface area (Å²) in [6.07, 6.45) is 1.17. The van der Waals surface area contributed by atoms with Gasteiger partial charge in [-0.3, -0.25) is 4.79 Å². The fraction of sp³-hybridized carbons (Fsp3) is 0.909. The molecule has 0 saturated carbocycles. The SMILES string of the molecule is CN1CC2(CCN(C(=O)C(C)(C)Br)C2)C1. The van der Waals surface area contributed by atoms with Crippen molar-refractivity contribution in [2.75, 3.05) is 33.2 Å². The zero-order valence-electron chi connectivity index (χ0n) is 9.72. The van der Waals surface area contributed by atoms with Gasteiger partial charge in [0.05, 0.1) is 4.32 Å². The van der Waals surface area contributed by atoms with Crippen LogP contribution in [0.2, 0.25) is 0 Å². The van der Waals surface area contributed by atoms with E-state index in [1.165, 1.54) is 6.42 Å². The van der Waals surface area contributed by atoms with Gasteiger partial charge in [-0.05, 0) is 27.3 Å². The molecule has 15 heavy (non-hydrogen) atoms. The van der Waals surface area contributed by atoms with Crippen LogP contribution >= 0.6 is 15.9 Å². The van der Waals surface area contributed by atoms with Gasteiger partial charge in [0.1, 0.15) is 0 Å². The van der Waals surface area contributed by atoms with E-state index < -0.39 is 4.32 Å². The van der Waals surface area contributed by atoms with Gasteiger partial charge in [-0.1, -0.05) is 15.9 Å². The lowest BCUT2D eigenvalue weighted by Gasteiger charge is -2.46. The molecule has 0 radical (unpaired) electrons. The number of alkyl halides is 1. The van der Waals surface area contributed by atoms with Gasteiger partial charge in [-0.15, -0.1) is 0 Å². The van der Waals surface area contributed by atoms with Gasteiger partial charge in [-0.25, -0.2) is 0 Å². The minimum absolute atomic E-state index is 0.230. The summed E-state index contributed by atoms with van der Waals surface area (Å²) < 4.78 is -0.409. The first-order valence-electron chi connectivity index (χ1n) is 5.49. The fourth-order valence-electron chi connectivity index (χ4n) is 2.84. The molecule has 3 nitrogen and oxygen atoms in total. The maximum absolute atomic E-state index is 12.0. The van der Waals surface area contributed by atoms with Crippen molar-refractivity contribution in [2.24, 2.45) is 5.41 Å². The van der Waals surface area contributed by atoms with Crippen molar-refractivity contribution >= 4 is 21.8 Å². The van der Waals surface area contributed by atoms with Gasteiger partial charge in [0.25, 0.3) is 0 Å². The molecule has 1 spiro atoms. The Hall–Kier alpha value is -0.0900. The van der Waals surface area contributed by atoms with E-state index in [0.717, 1.165) is 26.2 Å². The number of nitrogens with zero attached hydrogens (tertiary/aromatic N) is 2. The molecule has 0 aromatic rings. The lowest BCUT2D eigenvalue weighted by molar-refractivity contribution is -0.132. The quantitative estimate of drug-likeness (QED) is 0.674. The van der Waals surface area contributed by atoms with Crippen molar-refractivity contribution in [1.29, 1.82) is 0 Å². The van der Waals surface area contributed by atoms with Crippen LogP contribution in [-0.4, -0.2) is 53.3 Å². The van der Waals surface area contributed by atoms with E-state index in [4.69, 9.17) is 0 Å². The summed E-state index contributed by atoms with van der Waals surface area (Å²) in [6, 6.07) is 0. The number of rotatable bonds is 1. The molecule has 2 aliphatic rings. The molecule has 86 valence electrons. The van der Waals surface area contributed by atoms with Gasteiger partial charge < -0.3 is 9.80 Å². The lowest BCUT2D eigenvalue weighted by Crippen LogP contribution is -2.56. The van der Waals surface area contributed by atoms with E-state index >= 15 is 0 Å². The van der Waals surface area contributed by atoms with E-state index in [2.05, 4.69) is 27.9 Å². The second-order valence-electron chi connectivity index (χ2n) is 5.62. The average molecular weight is 275 g/mol. The molecule has 2 rings (SSSR count). The third-order valence-electron chi connectivity index (χ3n) is 3.44. The number of hydrogen-bond donors (Lipinski definition) is 0. The summed E-state index contributed by atoms with van der Waals surface area (Å²) in [5, 5.41) is 0. The Bertz CT molecular complexity index is 279. The molecule has 0 aromatic carbocycles. The second kappa shape index (κ2) is 3.45. The average Bonchev–Trinajstić information content (AvgIpc) is 2.45. The maximum Gasteiger partial charge on any atom is 0.238 e. The number of likely N-dealkylation sites (tertiary alicyclic amines) is 2. The van der Waals surface area contributed by atoms with Crippen LogP contribution < -0.4 is 0 Å². The predicted molar refractivity (Wildman–Crippen MR) is 64.1 cm³/mol. The summed E-state index contributed by atoms with van der Waals surface area (Å²) in [4.78, 5) is 16.4. The van der Waals surface area contributed by atoms with E-state index in [-0.39, 0.29) is 5.91 Å². The lowest BCUT2D eigenvalue weighted by atomic mass is 9.79. The Kier molecular flexibility index (Phi) is 2.62. The first-order chi connectivity index (χ1) is 6.82. The molecule has 0 unspecified atom stereocenters. The molecule has 0 aliphatic carbocycles. The molecule has 0 aromatic heterocycles. The van der Waals surface area contributed by atoms with Crippen molar-refractivity contribution < 1.29 is 4.79 Å². The van der Waals surface area contributed by atoms with Crippen molar-refractivity contribution in [3.63, 3.8) is 0 Å². The standard InChI is InChI=1S/C11H19BrN2O/c1-10(2,12)9(15)14-5-4-11(8-14)6-13(3)7-11/h4-8H2,1-3H3. The van der Waals surface area contributed by atoms with Crippen LogP contribution in [0.3, 0.4) is 0 Å². The smallest absolute Gasteiger partial charge is 0.238 e. The van der Waals surface area contributed by atoms with E-state index in [1.54, 1.807) is 0 Å². The normalized spacial score (nSPS) is 25.7. The molecular weight excluding hydrogens is 256 g/mol. The maximum atomic E-state index is 12.0. The highest BCUT2D eigenvalue weighted by Gasteiger charge is 2.48. The summed E-state index contributed by atoms with van der Waals surface area (Å²) >= 11 is 3.44. The summed E-state index contributed by atoms with van der Waals surface area (Å²) in [6.45, 7) is 8.03. The Morgan fingerprint density at radius 2 is 1.93 bits per heavy atom. The largest absolute Gasteiger partial charge is 0.341 e. The molecule has 2 aliphatic heterocycles. The first-order valence-corrected chi connectivity index (χ1v) is 6.29. The minimum atomic E-state index is -0.409. The number of carbonyl (C=O) groups excluding carboxylic acids is 1. The van der Waals surface area contributed by atoms with Gasteiger partial charge >= 0.3 is 0 Å². The Morgan fingerprint density at radius 3 is 2.40 bits per heavy atom. The van der Waals surface area contributed by atoms with Crippen molar-refractivity contribution in [3.8, 4) is 0 Å². The molecule has 0 N–H and O–H groups in total. The highest BCUT2D eigenvalue weighted by Crippen LogP contribution is 2.39. The molecule has 4 heteroatoms. The van der Waals surface area contributed by atoms with Crippen molar-refractivity contribution in [1.82, 2.24) is 9.80 Å². The number of halogens is 1. The van der Waals surface area contributed by atoms with Gasteiger partial charge in [0.2, 0.25) is 5.91 Å². The second-order valence-corrected chi connectivity index (χ2v) is 7.60. The molecular formula is C11H19BrN2O. The van der Waals surface area contributed by atoms with Crippen molar-refractivity contribution in [2.45, 2.75) is 24.6 Å². The summed E-state index contributed by atoms with van der Waals surface area (Å²) in [5.41, 5.74) is 0.419. The Labute approximate surface area is 99.9 Å². The monoisotopic (exact) mass is 274 g/mol. The molecule has 2 saturated heterocycles. The topological polar surface area (TPSA) is 23.6 Å². The third kappa shape index (κ3) is 2.07. The highest BCUT2D eigenvalue weighted by molar-refractivity contribution is 9.10. The molecule has 0 bridgehead atoms. The Balaban J connectivity index is 1.96. The summed E-state index contributed by atoms with van der Waals surface area (Å²) in [7, 11) is 2.14. The van der Waals surface area contributed by atoms with E-state index in [0.29, 0.717) is 5.41 Å². The third-order valence-corrected chi connectivity index (χ3v) is 3.78. The molecule has 2 heterocycles. The highest BCUT2D eigenvalue weighted by atomic mass is 79.9. The van der Waals surface area contributed by atoms with Crippen molar-refractivity contribution in [3.05, 3.63) is 0 Å². The van der Waals surface area contributed by atoms with Crippen LogP contribution in [0.4, 0.5) is 0 Å². The molecule has 1 amide bonds. The van der Waals surface area contributed by atoms with E-state index in [1.807, 2.05) is 18.7 Å². The number of carbonyl (C=O) groups is 1. The minimum Gasteiger partial charge on any atom is -0.341 e. The Morgan fingerprint density at radius 1 is 1.33 bits per heavy atom. The number of amides is 1. The summed E-state index contributed by atoms with van der Waals surface area (Å²) in [5.74, 6) is 0.230. The fourth-order valence-corrected chi connectivity index (χ4v) is 3.09. The number of hydrogen-bond acceptors (Lipinski definition) is 2. The zero-order chi connectivity index (χ0) is 11.3. The van der Waals surface area contributed by atoms with E-state index in [9.17, 15) is 4.79 Å². The van der Waals surface area contributed by atoms with Crippen LogP contribution in [0.5, 0.6) is 0 Å². The van der Waals surface area contributed by atoms with Crippen LogP contribution in [0.25, 0.3) is 0 Å². The van der Waals surface area contributed by atoms with Gasteiger partial charge in [-0.2, -0.15) is 0 Å².